The maximum absolute atomic E-state index is 11.8. The summed E-state index contributed by atoms with van der Waals surface area (Å²) in [5, 5.41) is 2.65. The first kappa shape index (κ1) is 15.4. The third-order valence-electron chi connectivity index (χ3n) is 2.34. The molecule has 1 rings (SSSR count). The standard InChI is InChI=1S/C11H18N4O3S/c1-8-6-9(7-10(14-8)15-12)11(16)13-4-3-5-19(2,17)18/h6-7H,3-5,12H2,1-2H3,(H,13,16)(H,14,15). The average Bonchev–Trinajstić information content (AvgIpc) is 2.32. The maximum Gasteiger partial charge on any atom is 0.251 e. The molecule has 0 radical (unpaired) electrons. The molecule has 1 aromatic rings. The predicted molar refractivity (Wildman–Crippen MR) is 73.4 cm³/mol. The molecule has 1 heterocycles. The molecule has 8 heteroatoms. The summed E-state index contributed by atoms with van der Waals surface area (Å²) in [5.74, 6) is 5.42. The molecule has 19 heavy (non-hydrogen) atoms. The molecular formula is C11H18N4O3S. The van der Waals surface area contributed by atoms with E-state index in [9.17, 15) is 13.2 Å². The number of anilines is 1. The minimum atomic E-state index is -2.99. The number of nitrogens with two attached hydrogens (primary N) is 1. The van der Waals surface area contributed by atoms with E-state index in [1.54, 1.807) is 13.0 Å². The van der Waals surface area contributed by atoms with Crippen LogP contribution in [0.1, 0.15) is 22.5 Å². The third kappa shape index (κ3) is 5.66. The van der Waals surface area contributed by atoms with Crippen molar-refractivity contribution in [3.63, 3.8) is 0 Å². The van der Waals surface area contributed by atoms with Crippen molar-refractivity contribution >= 4 is 21.6 Å². The van der Waals surface area contributed by atoms with Crippen molar-refractivity contribution < 1.29 is 13.2 Å². The maximum atomic E-state index is 11.8. The molecule has 0 aliphatic heterocycles. The van der Waals surface area contributed by atoms with Crippen LogP contribution in [-0.2, 0) is 9.84 Å². The quantitative estimate of drug-likeness (QED) is 0.380. The Labute approximate surface area is 112 Å². The predicted octanol–water partition coefficient (Wildman–Crippen LogP) is -0.160. The molecule has 1 amide bonds. The SMILES string of the molecule is Cc1cc(C(=O)NCCCS(C)(=O)=O)cc(NN)n1. The number of hydrogen-bond donors (Lipinski definition) is 3. The van der Waals surface area contributed by atoms with Gasteiger partial charge in [-0.3, -0.25) is 4.79 Å². The first-order valence-electron chi connectivity index (χ1n) is 5.73. The van der Waals surface area contributed by atoms with Gasteiger partial charge in [0.25, 0.3) is 5.91 Å². The van der Waals surface area contributed by atoms with Gasteiger partial charge in [-0.05, 0) is 25.5 Å². The fraction of sp³-hybridized carbons (Fsp3) is 0.455. The smallest absolute Gasteiger partial charge is 0.251 e. The number of nitrogen functional groups attached to an aromatic ring is 1. The fourth-order valence-electron chi connectivity index (χ4n) is 1.51. The number of carbonyl (C=O) groups is 1. The number of aromatic nitrogens is 1. The minimum absolute atomic E-state index is 0.0538. The average molecular weight is 286 g/mol. The van der Waals surface area contributed by atoms with Crippen LogP contribution in [0.4, 0.5) is 5.82 Å². The number of carbonyl (C=O) groups excluding carboxylic acids is 1. The number of hydrogen-bond acceptors (Lipinski definition) is 6. The Morgan fingerprint density at radius 2 is 2.11 bits per heavy atom. The first-order valence-corrected chi connectivity index (χ1v) is 7.79. The molecule has 0 aromatic carbocycles. The molecule has 0 aliphatic carbocycles. The number of rotatable bonds is 6. The van der Waals surface area contributed by atoms with Gasteiger partial charge in [-0.15, -0.1) is 0 Å². The van der Waals surface area contributed by atoms with Crippen LogP contribution in [0.3, 0.4) is 0 Å². The Hall–Kier alpha value is -1.67. The Morgan fingerprint density at radius 3 is 2.68 bits per heavy atom. The van der Waals surface area contributed by atoms with Crippen molar-refractivity contribution in [3.05, 3.63) is 23.4 Å². The number of nitrogens with one attached hydrogen (secondary N) is 2. The normalized spacial score (nSPS) is 11.1. The van der Waals surface area contributed by atoms with E-state index >= 15 is 0 Å². The number of sulfone groups is 1. The van der Waals surface area contributed by atoms with Gasteiger partial charge in [0.15, 0.2) is 0 Å². The molecule has 0 aliphatic rings. The monoisotopic (exact) mass is 286 g/mol. The Balaban J connectivity index is 2.56. The van der Waals surface area contributed by atoms with Crippen LogP contribution in [0.5, 0.6) is 0 Å². The van der Waals surface area contributed by atoms with Crippen LogP contribution in [0.25, 0.3) is 0 Å². The zero-order chi connectivity index (χ0) is 14.5. The van der Waals surface area contributed by atoms with Crippen LogP contribution in [0, 0.1) is 6.92 Å². The second-order valence-corrected chi connectivity index (χ2v) is 6.53. The highest BCUT2D eigenvalue weighted by Gasteiger charge is 2.08. The zero-order valence-electron chi connectivity index (χ0n) is 10.9. The van der Waals surface area contributed by atoms with Gasteiger partial charge < -0.3 is 10.7 Å². The van der Waals surface area contributed by atoms with Gasteiger partial charge >= 0.3 is 0 Å². The molecule has 0 saturated heterocycles. The zero-order valence-corrected chi connectivity index (χ0v) is 11.8. The van der Waals surface area contributed by atoms with Gasteiger partial charge in [-0.1, -0.05) is 0 Å². The third-order valence-corrected chi connectivity index (χ3v) is 3.37. The summed E-state index contributed by atoms with van der Waals surface area (Å²) in [6.45, 7) is 2.06. The molecule has 0 unspecified atom stereocenters. The van der Waals surface area contributed by atoms with Gasteiger partial charge in [0, 0.05) is 24.1 Å². The van der Waals surface area contributed by atoms with Crippen LogP contribution >= 0.6 is 0 Å². The summed E-state index contributed by atoms with van der Waals surface area (Å²) in [6, 6.07) is 3.16. The van der Waals surface area contributed by atoms with E-state index in [1.807, 2.05) is 0 Å². The topological polar surface area (TPSA) is 114 Å². The Kier molecular flexibility index (Phi) is 5.25. The summed E-state index contributed by atoms with van der Waals surface area (Å²) < 4.78 is 21.9. The van der Waals surface area contributed by atoms with E-state index in [2.05, 4.69) is 15.7 Å². The number of nitrogens with zero attached hydrogens (tertiary/aromatic N) is 1. The summed E-state index contributed by atoms with van der Waals surface area (Å²) in [5.41, 5.74) is 3.47. The molecule has 0 fully saturated rings. The summed E-state index contributed by atoms with van der Waals surface area (Å²) in [6.07, 6.45) is 1.55. The summed E-state index contributed by atoms with van der Waals surface area (Å²) in [7, 11) is -2.99. The first-order chi connectivity index (χ1) is 8.81. The lowest BCUT2D eigenvalue weighted by molar-refractivity contribution is 0.0953. The van der Waals surface area contributed by atoms with E-state index < -0.39 is 9.84 Å². The number of pyridine rings is 1. The number of aryl methyl sites for hydroxylation is 1. The molecule has 4 N–H and O–H groups in total. The van der Waals surface area contributed by atoms with Gasteiger partial charge in [0.2, 0.25) is 0 Å². The van der Waals surface area contributed by atoms with E-state index in [0.29, 0.717) is 30.0 Å². The van der Waals surface area contributed by atoms with Gasteiger partial charge in [0.05, 0.1) is 5.75 Å². The fourth-order valence-corrected chi connectivity index (χ4v) is 2.18. The Bertz CT molecular complexity index is 557. The highest BCUT2D eigenvalue weighted by molar-refractivity contribution is 7.90. The minimum Gasteiger partial charge on any atom is -0.352 e. The van der Waals surface area contributed by atoms with E-state index in [0.717, 1.165) is 0 Å². The van der Waals surface area contributed by atoms with Crippen LogP contribution in [0.2, 0.25) is 0 Å². The summed E-state index contributed by atoms with van der Waals surface area (Å²) >= 11 is 0. The van der Waals surface area contributed by atoms with Crippen molar-refractivity contribution in [2.45, 2.75) is 13.3 Å². The van der Waals surface area contributed by atoms with Gasteiger partial charge in [-0.2, -0.15) is 0 Å². The molecule has 0 spiro atoms. The molecule has 0 saturated carbocycles. The highest BCUT2D eigenvalue weighted by atomic mass is 32.2. The molecule has 0 bridgehead atoms. The lowest BCUT2D eigenvalue weighted by Gasteiger charge is -2.07. The lowest BCUT2D eigenvalue weighted by atomic mass is 10.2. The molecular weight excluding hydrogens is 268 g/mol. The second kappa shape index (κ2) is 6.48. The van der Waals surface area contributed by atoms with E-state index in [-0.39, 0.29) is 11.7 Å². The van der Waals surface area contributed by atoms with E-state index in [1.165, 1.54) is 12.3 Å². The molecule has 106 valence electrons. The number of amides is 1. The second-order valence-electron chi connectivity index (χ2n) is 4.27. The van der Waals surface area contributed by atoms with Crippen LogP contribution in [-0.4, -0.2) is 37.9 Å². The van der Waals surface area contributed by atoms with Crippen molar-refractivity contribution in [1.29, 1.82) is 0 Å². The Morgan fingerprint density at radius 1 is 1.42 bits per heavy atom. The van der Waals surface area contributed by atoms with Crippen molar-refractivity contribution in [2.24, 2.45) is 5.84 Å². The summed E-state index contributed by atoms with van der Waals surface area (Å²) in [4.78, 5) is 15.9. The van der Waals surface area contributed by atoms with Gasteiger partial charge in [-0.25, -0.2) is 19.2 Å². The van der Waals surface area contributed by atoms with E-state index in [4.69, 9.17) is 5.84 Å². The molecule has 0 atom stereocenters. The lowest BCUT2D eigenvalue weighted by Crippen LogP contribution is -2.26. The van der Waals surface area contributed by atoms with Gasteiger partial charge in [0.1, 0.15) is 15.7 Å². The number of hydrazine groups is 1. The highest BCUT2D eigenvalue weighted by Crippen LogP contribution is 2.08. The van der Waals surface area contributed by atoms with Crippen LogP contribution < -0.4 is 16.6 Å². The van der Waals surface area contributed by atoms with Crippen LogP contribution in [0.15, 0.2) is 12.1 Å². The van der Waals surface area contributed by atoms with Crippen molar-refractivity contribution in [1.82, 2.24) is 10.3 Å². The molecule has 7 nitrogen and oxygen atoms in total. The van der Waals surface area contributed by atoms with Crippen molar-refractivity contribution in [3.8, 4) is 0 Å². The van der Waals surface area contributed by atoms with Crippen molar-refractivity contribution in [2.75, 3.05) is 24.0 Å². The largest absolute Gasteiger partial charge is 0.352 e. The molecule has 1 aromatic heterocycles.